The van der Waals surface area contributed by atoms with E-state index >= 15 is 0 Å². The molecule has 0 aromatic carbocycles. The average molecular weight is 225 g/mol. The summed E-state index contributed by atoms with van der Waals surface area (Å²) in [4.78, 5) is 1.73. The van der Waals surface area contributed by atoms with E-state index in [9.17, 15) is 13.5 Å². The van der Waals surface area contributed by atoms with E-state index < -0.39 is 15.3 Å². The molecule has 0 radical (unpaired) electrons. The van der Waals surface area contributed by atoms with Gasteiger partial charge in [-0.1, -0.05) is 6.92 Å². The fraction of sp³-hybridized carbons (Fsp3) is 1.00. The standard InChI is InChI=1S/C8H19NO4S/c1-3-4-9(5-6-10)7-8(11)14(2,12)13/h8,10-11H,3-7H2,1-2H3. The lowest BCUT2D eigenvalue weighted by atomic mass is 10.4. The molecule has 0 aromatic heterocycles. The molecule has 2 N–H and O–H groups in total. The molecular formula is C8H19NO4S. The lowest BCUT2D eigenvalue weighted by molar-refractivity contribution is 0.142. The Balaban J connectivity index is 4.15. The lowest BCUT2D eigenvalue weighted by Crippen LogP contribution is -2.38. The topological polar surface area (TPSA) is 77.8 Å². The summed E-state index contributed by atoms with van der Waals surface area (Å²) < 4.78 is 21.9. The molecule has 0 amide bonds. The number of aliphatic hydroxyl groups excluding tert-OH is 2. The molecule has 14 heavy (non-hydrogen) atoms. The van der Waals surface area contributed by atoms with Crippen LogP contribution in [0.1, 0.15) is 13.3 Å². The zero-order valence-corrected chi connectivity index (χ0v) is 9.50. The van der Waals surface area contributed by atoms with E-state index in [0.717, 1.165) is 12.7 Å². The Hall–Kier alpha value is -0.170. The molecule has 1 atom stereocenters. The van der Waals surface area contributed by atoms with Gasteiger partial charge >= 0.3 is 0 Å². The van der Waals surface area contributed by atoms with Crippen molar-refractivity contribution in [1.29, 1.82) is 0 Å². The van der Waals surface area contributed by atoms with Gasteiger partial charge in [-0.05, 0) is 13.0 Å². The molecule has 86 valence electrons. The van der Waals surface area contributed by atoms with Crippen LogP contribution in [-0.2, 0) is 9.84 Å². The highest BCUT2D eigenvalue weighted by atomic mass is 32.2. The third-order valence-corrected chi connectivity index (χ3v) is 3.00. The second kappa shape index (κ2) is 6.34. The second-order valence-electron chi connectivity index (χ2n) is 3.31. The van der Waals surface area contributed by atoms with Crippen LogP contribution >= 0.6 is 0 Å². The first-order valence-electron chi connectivity index (χ1n) is 4.62. The average Bonchev–Trinajstić information content (AvgIpc) is 2.03. The van der Waals surface area contributed by atoms with Gasteiger partial charge in [-0.3, -0.25) is 4.90 Å². The number of nitrogens with zero attached hydrogens (tertiary/aromatic N) is 1. The summed E-state index contributed by atoms with van der Waals surface area (Å²) in [6, 6.07) is 0. The molecule has 0 saturated heterocycles. The van der Waals surface area contributed by atoms with Crippen LogP contribution < -0.4 is 0 Å². The van der Waals surface area contributed by atoms with Crippen molar-refractivity contribution < 1.29 is 18.6 Å². The Morgan fingerprint density at radius 3 is 2.29 bits per heavy atom. The smallest absolute Gasteiger partial charge is 0.175 e. The molecule has 1 unspecified atom stereocenters. The minimum absolute atomic E-state index is 0.0313. The van der Waals surface area contributed by atoms with Crippen molar-refractivity contribution in [3.8, 4) is 0 Å². The van der Waals surface area contributed by atoms with E-state index in [4.69, 9.17) is 5.11 Å². The molecule has 0 aliphatic carbocycles. The molecule has 0 fully saturated rings. The highest BCUT2D eigenvalue weighted by Crippen LogP contribution is 2.00. The Morgan fingerprint density at radius 1 is 1.36 bits per heavy atom. The first-order valence-corrected chi connectivity index (χ1v) is 6.57. The van der Waals surface area contributed by atoms with Crippen molar-refractivity contribution in [3.63, 3.8) is 0 Å². The van der Waals surface area contributed by atoms with Crippen molar-refractivity contribution >= 4 is 9.84 Å². The van der Waals surface area contributed by atoms with E-state index in [1.165, 1.54) is 0 Å². The zero-order valence-electron chi connectivity index (χ0n) is 8.68. The summed E-state index contributed by atoms with van der Waals surface area (Å²) in [7, 11) is -3.40. The molecule has 0 aliphatic rings. The van der Waals surface area contributed by atoms with Crippen LogP contribution in [0.4, 0.5) is 0 Å². The number of hydrogen-bond donors (Lipinski definition) is 2. The molecule has 0 saturated carbocycles. The molecule has 0 spiro atoms. The van der Waals surface area contributed by atoms with E-state index in [2.05, 4.69) is 0 Å². The van der Waals surface area contributed by atoms with Gasteiger partial charge in [0.15, 0.2) is 15.3 Å². The van der Waals surface area contributed by atoms with Gasteiger partial charge in [-0.15, -0.1) is 0 Å². The number of sulfone groups is 1. The van der Waals surface area contributed by atoms with Gasteiger partial charge in [-0.2, -0.15) is 0 Å². The van der Waals surface area contributed by atoms with Gasteiger partial charge in [-0.25, -0.2) is 8.42 Å². The Labute approximate surface area is 85.3 Å². The highest BCUT2D eigenvalue weighted by Gasteiger charge is 2.19. The van der Waals surface area contributed by atoms with Gasteiger partial charge < -0.3 is 10.2 Å². The lowest BCUT2D eigenvalue weighted by Gasteiger charge is -2.22. The van der Waals surface area contributed by atoms with Crippen molar-refractivity contribution in [1.82, 2.24) is 4.90 Å². The minimum Gasteiger partial charge on any atom is -0.395 e. The summed E-state index contributed by atoms with van der Waals surface area (Å²) in [5, 5.41) is 18.0. The van der Waals surface area contributed by atoms with Crippen LogP contribution in [0.5, 0.6) is 0 Å². The SMILES string of the molecule is CCCN(CCO)CC(O)S(C)(=O)=O. The van der Waals surface area contributed by atoms with E-state index in [1.807, 2.05) is 6.92 Å². The van der Waals surface area contributed by atoms with Crippen molar-refractivity contribution in [2.75, 3.05) is 32.5 Å². The van der Waals surface area contributed by atoms with Crippen LogP contribution in [0.15, 0.2) is 0 Å². The Morgan fingerprint density at radius 2 is 1.93 bits per heavy atom. The van der Waals surface area contributed by atoms with Gasteiger partial charge in [0.25, 0.3) is 0 Å². The second-order valence-corrected chi connectivity index (χ2v) is 5.51. The minimum atomic E-state index is -3.40. The molecular weight excluding hydrogens is 206 g/mol. The molecule has 6 heteroatoms. The normalized spacial score (nSPS) is 14.6. The molecule has 0 heterocycles. The van der Waals surface area contributed by atoms with Crippen molar-refractivity contribution in [2.24, 2.45) is 0 Å². The monoisotopic (exact) mass is 225 g/mol. The highest BCUT2D eigenvalue weighted by molar-refractivity contribution is 7.91. The predicted octanol–water partition coefficient (Wildman–Crippen LogP) is -0.946. The molecule has 5 nitrogen and oxygen atoms in total. The summed E-state index contributed by atoms with van der Waals surface area (Å²) in [6.45, 7) is 3.05. The summed E-state index contributed by atoms with van der Waals surface area (Å²) >= 11 is 0. The van der Waals surface area contributed by atoms with Crippen LogP contribution in [-0.4, -0.2) is 61.5 Å². The quantitative estimate of drug-likeness (QED) is 0.584. The van der Waals surface area contributed by atoms with E-state index in [-0.39, 0.29) is 13.2 Å². The van der Waals surface area contributed by atoms with Gasteiger partial charge in [0.05, 0.1) is 6.61 Å². The van der Waals surface area contributed by atoms with Crippen LogP contribution in [0.2, 0.25) is 0 Å². The van der Waals surface area contributed by atoms with E-state index in [0.29, 0.717) is 13.1 Å². The number of hydrogen-bond acceptors (Lipinski definition) is 5. The number of aliphatic hydroxyl groups is 2. The zero-order chi connectivity index (χ0) is 11.2. The maximum absolute atomic E-state index is 10.9. The first kappa shape index (κ1) is 13.8. The summed E-state index contributed by atoms with van der Waals surface area (Å²) in [5.74, 6) is 0. The fourth-order valence-corrected chi connectivity index (χ4v) is 1.59. The van der Waals surface area contributed by atoms with Crippen molar-refractivity contribution in [2.45, 2.75) is 18.8 Å². The van der Waals surface area contributed by atoms with Gasteiger partial charge in [0, 0.05) is 19.3 Å². The number of rotatable bonds is 7. The Bertz CT molecular complexity index is 234. The van der Waals surface area contributed by atoms with Crippen LogP contribution in [0.25, 0.3) is 0 Å². The van der Waals surface area contributed by atoms with Crippen LogP contribution in [0, 0.1) is 0 Å². The van der Waals surface area contributed by atoms with Crippen LogP contribution in [0.3, 0.4) is 0 Å². The molecule has 0 aliphatic heterocycles. The largest absolute Gasteiger partial charge is 0.395 e. The fourth-order valence-electron chi connectivity index (χ4n) is 1.11. The first-order chi connectivity index (χ1) is 6.41. The predicted molar refractivity (Wildman–Crippen MR) is 54.7 cm³/mol. The van der Waals surface area contributed by atoms with Gasteiger partial charge in [0.2, 0.25) is 0 Å². The third kappa shape index (κ3) is 5.54. The van der Waals surface area contributed by atoms with Crippen molar-refractivity contribution in [3.05, 3.63) is 0 Å². The molecule has 0 bridgehead atoms. The summed E-state index contributed by atoms with van der Waals surface area (Å²) in [5.41, 5.74) is -1.36. The summed E-state index contributed by atoms with van der Waals surface area (Å²) in [6.07, 6.45) is 1.86. The molecule has 0 rings (SSSR count). The van der Waals surface area contributed by atoms with E-state index in [1.54, 1.807) is 4.90 Å². The maximum Gasteiger partial charge on any atom is 0.175 e. The Kier molecular flexibility index (Phi) is 6.26. The molecule has 0 aromatic rings. The third-order valence-electron chi connectivity index (χ3n) is 1.86. The maximum atomic E-state index is 10.9. The van der Waals surface area contributed by atoms with Gasteiger partial charge in [0.1, 0.15) is 0 Å².